The lowest BCUT2D eigenvalue weighted by molar-refractivity contribution is -0.145. The minimum absolute atomic E-state index is 0.0409. The number of methoxy groups -OCH3 is 1. The Morgan fingerprint density at radius 1 is 1.35 bits per heavy atom. The number of carbonyl (C=O) groups excluding carboxylic acids is 1. The molecule has 0 aliphatic heterocycles. The van der Waals surface area contributed by atoms with Crippen molar-refractivity contribution in [1.82, 2.24) is 0 Å². The summed E-state index contributed by atoms with van der Waals surface area (Å²) in [5.41, 5.74) is 2.58. The van der Waals surface area contributed by atoms with Crippen molar-refractivity contribution in [3.63, 3.8) is 0 Å². The second kappa shape index (κ2) is 5.50. The minimum Gasteiger partial charge on any atom is -0.469 e. The second-order valence-corrected chi connectivity index (χ2v) is 5.15. The molecule has 0 amide bonds. The molecule has 2 rings (SSSR count). The highest BCUT2D eigenvalue weighted by Gasteiger charge is 2.22. The fourth-order valence-electron chi connectivity index (χ4n) is 2.14. The predicted octanol–water partition coefficient (Wildman–Crippen LogP) is 3.81. The zero-order chi connectivity index (χ0) is 12.3. The van der Waals surface area contributed by atoms with Gasteiger partial charge < -0.3 is 4.74 Å². The molecule has 0 saturated heterocycles. The third-order valence-corrected chi connectivity index (χ3v) is 3.69. The first kappa shape index (κ1) is 12.4. The summed E-state index contributed by atoms with van der Waals surface area (Å²) >= 11 is 3.43. The Balaban J connectivity index is 2.08. The van der Waals surface area contributed by atoms with E-state index in [-0.39, 0.29) is 11.9 Å². The fraction of sp³-hybridized carbons (Fsp3) is 0.357. The van der Waals surface area contributed by atoms with Crippen molar-refractivity contribution in [3.05, 3.63) is 40.4 Å². The first-order valence-corrected chi connectivity index (χ1v) is 6.53. The van der Waals surface area contributed by atoms with Crippen LogP contribution in [-0.4, -0.2) is 13.1 Å². The third kappa shape index (κ3) is 2.97. The number of hydrogen-bond acceptors (Lipinski definition) is 2. The van der Waals surface area contributed by atoms with E-state index in [2.05, 4.69) is 34.1 Å². The van der Waals surface area contributed by atoms with Crippen molar-refractivity contribution >= 4 is 27.5 Å². The predicted molar refractivity (Wildman–Crippen MR) is 71.5 cm³/mol. The summed E-state index contributed by atoms with van der Waals surface area (Å²) in [7, 11) is 1.45. The zero-order valence-electron chi connectivity index (χ0n) is 9.78. The molecule has 0 radical (unpaired) electrons. The smallest absolute Gasteiger partial charge is 0.308 e. The minimum atomic E-state index is -0.0869. The van der Waals surface area contributed by atoms with Crippen LogP contribution in [0.5, 0.6) is 0 Å². The van der Waals surface area contributed by atoms with E-state index in [1.54, 1.807) is 0 Å². The van der Waals surface area contributed by atoms with Gasteiger partial charge in [-0.2, -0.15) is 0 Å². The molecule has 0 N–H and O–H groups in total. The molecule has 0 spiro atoms. The standard InChI is InChI=1S/C14H15BrO2/c1-17-14(16)12-4-2-10(3-5-12)11-6-8-13(15)9-7-11/h2,6-9,12H,3-5H2,1H3. The summed E-state index contributed by atoms with van der Waals surface area (Å²) in [5, 5.41) is 0. The molecule has 0 heterocycles. The topological polar surface area (TPSA) is 26.3 Å². The van der Waals surface area contributed by atoms with Crippen LogP contribution in [0.4, 0.5) is 0 Å². The van der Waals surface area contributed by atoms with Crippen LogP contribution in [-0.2, 0) is 9.53 Å². The number of allylic oxidation sites excluding steroid dienone is 2. The highest BCUT2D eigenvalue weighted by molar-refractivity contribution is 9.10. The Kier molecular flexibility index (Phi) is 4.00. The van der Waals surface area contributed by atoms with Crippen molar-refractivity contribution in [2.75, 3.05) is 7.11 Å². The lowest BCUT2D eigenvalue weighted by atomic mass is 9.87. The van der Waals surface area contributed by atoms with Gasteiger partial charge in [-0.3, -0.25) is 4.79 Å². The van der Waals surface area contributed by atoms with Gasteiger partial charge in [-0.05, 0) is 42.5 Å². The second-order valence-electron chi connectivity index (χ2n) is 4.23. The molecule has 0 aromatic heterocycles. The van der Waals surface area contributed by atoms with Crippen molar-refractivity contribution in [1.29, 1.82) is 0 Å². The van der Waals surface area contributed by atoms with E-state index in [0.29, 0.717) is 0 Å². The van der Waals surface area contributed by atoms with Crippen LogP contribution in [0.2, 0.25) is 0 Å². The molecule has 0 bridgehead atoms. The summed E-state index contributed by atoms with van der Waals surface area (Å²) in [5.74, 6) is -0.0460. The first-order chi connectivity index (χ1) is 8.20. The summed E-state index contributed by atoms with van der Waals surface area (Å²) in [4.78, 5) is 11.4. The van der Waals surface area contributed by atoms with Gasteiger partial charge in [0.15, 0.2) is 0 Å². The van der Waals surface area contributed by atoms with E-state index in [1.165, 1.54) is 18.2 Å². The highest BCUT2D eigenvalue weighted by Crippen LogP contribution is 2.31. The van der Waals surface area contributed by atoms with Crippen molar-refractivity contribution in [2.45, 2.75) is 19.3 Å². The van der Waals surface area contributed by atoms with Gasteiger partial charge in [0.2, 0.25) is 0 Å². The van der Waals surface area contributed by atoms with Crippen molar-refractivity contribution in [3.8, 4) is 0 Å². The molecule has 2 nitrogen and oxygen atoms in total. The molecule has 1 atom stereocenters. The maximum absolute atomic E-state index is 11.4. The summed E-state index contributed by atoms with van der Waals surface area (Å²) in [6.07, 6.45) is 4.78. The molecule has 0 fully saturated rings. The summed E-state index contributed by atoms with van der Waals surface area (Å²) < 4.78 is 5.86. The van der Waals surface area contributed by atoms with Crippen molar-refractivity contribution < 1.29 is 9.53 Å². The normalized spacial score (nSPS) is 19.6. The molecule has 1 aromatic carbocycles. The average molecular weight is 295 g/mol. The van der Waals surface area contributed by atoms with E-state index < -0.39 is 0 Å². The number of hydrogen-bond donors (Lipinski definition) is 0. The lowest BCUT2D eigenvalue weighted by Crippen LogP contribution is -2.18. The quantitative estimate of drug-likeness (QED) is 0.776. The third-order valence-electron chi connectivity index (χ3n) is 3.16. The highest BCUT2D eigenvalue weighted by atomic mass is 79.9. The fourth-order valence-corrected chi connectivity index (χ4v) is 2.41. The SMILES string of the molecule is COC(=O)C1CC=C(c2ccc(Br)cc2)CC1. The zero-order valence-corrected chi connectivity index (χ0v) is 11.4. The molecule has 0 saturated carbocycles. The Morgan fingerprint density at radius 2 is 2.06 bits per heavy atom. The molecule has 17 heavy (non-hydrogen) atoms. The molecule has 1 aliphatic carbocycles. The number of rotatable bonds is 2. The Hall–Kier alpha value is -1.09. The molecule has 1 aromatic rings. The van der Waals surface area contributed by atoms with Crippen LogP contribution in [0.15, 0.2) is 34.8 Å². The Labute approximate surface area is 110 Å². The van der Waals surface area contributed by atoms with E-state index in [0.717, 1.165) is 23.7 Å². The molecule has 90 valence electrons. The summed E-state index contributed by atoms with van der Waals surface area (Å²) in [6, 6.07) is 8.30. The van der Waals surface area contributed by atoms with Gasteiger partial charge in [0.1, 0.15) is 0 Å². The van der Waals surface area contributed by atoms with E-state index >= 15 is 0 Å². The van der Waals surface area contributed by atoms with Gasteiger partial charge in [0.25, 0.3) is 0 Å². The number of carbonyl (C=O) groups is 1. The lowest BCUT2D eigenvalue weighted by Gasteiger charge is -2.20. The van der Waals surface area contributed by atoms with Crippen LogP contribution < -0.4 is 0 Å². The largest absolute Gasteiger partial charge is 0.469 e. The molecule has 1 aliphatic rings. The molecular weight excluding hydrogens is 280 g/mol. The van der Waals surface area contributed by atoms with Gasteiger partial charge in [0, 0.05) is 4.47 Å². The first-order valence-electron chi connectivity index (χ1n) is 5.73. The van der Waals surface area contributed by atoms with E-state index in [9.17, 15) is 4.79 Å². The monoisotopic (exact) mass is 294 g/mol. The Bertz CT molecular complexity index is 434. The van der Waals surface area contributed by atoms with Gasteiger partial charge in [-0.1, -0.05) is 34.1 Å². The van der Waals surface area contributed by atoms with E-state index in [1.807, 2.05) is 12.1 Å². The van der Waals surface area contributed by atoms with Crippen LogP contribution >= 0.6 is 15.9 Å². The average Bonchev–Trinajstić information content (AvgIpc) is 2.39. The van der Waals surface area contributed by atoms with Crippen molar-refractivity contribution in [2.24, 2.45) is 5.92 Å². The number of halogens is 1. The van der Waals surface area contributed by atoms with Gasteiger partial charge in [0.05, 0.1) is 13.0 Å². The van der Waals surface area contributed by atoms with Crippen LogP contribution in [0.3, 0.4) is 0 Å². The maximum atomic E-state index is 11.4. The van der Waals surface area contributed by atoms with Gasteiger partial charge in [-0.25, -0.2) is 0 Å². The van der Waals surface area contributed by atoms with Crippen LogP contribution in [0.1, 0.15) is 24.8 Å². The Morgan fingerprint density at radius 3 is 2.59 bits per heavy atom. The number of benzene rings is 1. The molecular formula is C14H15BrO2. The van der Waals surface area contributed by atoms with Crippen LogP contribution in [0.25, 0.3) is 5.57 Å². The maximum Gasteiger partial charge on any atom is 0.308 e. The van der Waals surface area contributed by atoms with Crippen LogP contribution in [0, 0.1) is 5.92 Å². The molecule has 1 unspecified atom stereocenters. The summed E-state index contributed by atoms with van der Waals surface area (Å²) in [6.45, 7) is 0. The molecule has 3 heteroatoms. The number of ether oxygens (including phenoxy) is 1. The van der Waals surface area contributed by atoms with Gasteiger partial charge >= 0.3 is 5.97 Å². The van der Waals surface area contributed by atoms with E-state index in [4.69, 9.17) is 4.74 Å². The van der Waals surface area contributed by atoms with Gasteiger partial charge in [-0.15, -0.1) is 0 Å². The number of esters is 1.